The third kappa shape index (κ3) is 5.06. The Labute approximate surface area is 119 Å². The summed E-state index contributed by atoms with van der Waals surface area (Å²) in [4.78, 5) is 11.8. The lowest BCUT2D eigenvalue weighted by molar-refractivity contribution is 0.0806. The third-order valence-electron chi connectivity index (χ3n) is 2.98. The fourth-order valence-electron chi connectivity index (χ4n) is 1.97. The van der Waals surface area contributed by atoms with Crippen molar-refractivity contribution >= 4 is 24.1 Å². The Balaban J connectivity index is 0.00000180. The highest BCUT2D eigenvalue weighted by Crippen LogP contribution is 2.11. The zero-order valence-corrected chi connectivity index (χ0v) is 11.5. The summed E-state index contributed by atoms with van der Waals surface area (Å²) in [5.41, 5.74) is 7.32. The minimum Gasteiger partial charge on any atom is -0.381 e. The molecule has 0 aromatic heterocycles. The van der Waals surface area contributed by atoms with Gasteiger partial charge >= 0.3 is 6.03 Å². The predicted molar refractivity (Wildman–Crippen MR) is 77.6 cm³/mol. The first-order valence-corrected chi connectivity index (χ1v) is 6.22. The topological polar surface area (TPSA) is 76.4 Å². The number of hydrogen-bond donors (Lipinski definition) is 3. The highest BCUT2D eigenvalue weighted by molar-refractivity contribution is 5.89. The van der Waals surface area contributed by atoms with Gasteiger partial charge in [-0.25, -0.2) is 4.79 Å². The zero-order valence-electron chi connectivity index (χ0n) is 10.7. The van der Waals surface area contributed by atoms with E-state index in [1.165, 1.54) is 0 Å². The molecule has 0 aliphatic carbocycles. The number of ether oxygens (including phenoxy) is 1. The van der Waals surface area contributed by atoms with Gasteiger partial charge in [-0.3, -0.25) is 0 Å². The Hall–Kier alpha value is -1.30. The molecule has 0 radical (unpaired) electrons. The van der Waals surface area contributed by atoms with Crippen LogP contribution in [0.2, 0.25) is 0 Å². The fraction of sp³-hybridized carbons (Fsp3) is 0.462. The molecule has 2 amide bonds. The van der Waals surface area contributed by atoms with Crippen molar-refractivity contribution in [1.82, 2.24) is 5.32 Å². The standard InChI is InChI=1S/C13H19N3O2.ClH/c14-9-10-2-1-3-12(8-10)16-13(17)15-11-4-6-18-7-5-11;/h1-3,8,11H,4-7,9,14H2,(H2,15,16,17);1H. The molecule has 1 aromatic rings. The van der Waals surface area contributed by atoms with Crippen LogP contribution in [0, 0.1) is 0 Å². The third-order valence-corrected chi connectivity index (χ3v) is 2.98. The number of benzene rings is 1. The summed E-state index contributed by atoms with van der Waals surface area (Å²) < 4.78 is 5.24. The van der Waals surface area contributed by atoms with Crippen LogP contribution in [0.4, 0.5) is 10.5 Å². The highest BCUT2D eigenvalue weighted by atomic mass is 35.5. The van der Waals surface area contributed by atoms with E-state index in [1.807, 2.05) is 24.3 Å². The number of halogens is 1. The molecule has 1 aliphatic rings. The molecular weight excluding hydrogens is 266 g/mol. The molecule has 5 nitrogen and oxygen atoms in total. The molecule has 1 aliphatic heterocycles. The fourth-order valence-corrected chi connectivity index (χ4v) is 1.97. The molecule has 1 heterocycles. The Morgan fingerprint density at radius 2 is 2.11 bits per heavy atom. The van der Waals surface area contributed by atoms with Crippen LogP contribution in [-0.2, 0) is 11.3 Å². The van der Waals surface area contributed by atoms with Gasteiger partial charge in [0.2, 0.25) is 0 Å². The van der Waals surface area contributed by atoms with E-state index in [1.54, 1.807) is 0 Å². The van der Waals surface area contributed by atoms with Crippen molar-refractivity contribution in [2.24, 2.45) is 5.73 Å². The van der Waals surface area contributed by atoms with E-state index in [2.05, 4.69) is 10.6 Å². The molecular formula is C13H20ClN3O2. The van der Waals surface area contributed by atoms with Gasteiger partial charge in [0.05, 0.1) is 0 Å². The van der Waals surface area contributed by atoms with Crippen LogP contribution in [0.25, 0.3) is 0 Å². The SMILES string of the molecule is Cl.NCc1cccc(NC(=O)NC2CCOCC2)c1. The maximum atomic E-state index is 11.8. The van der Waals surface area contributed by atoms with Gasteiger partial charge < -0.3 is 21.1 Å². The summed E-state index contributed by atoms with van der Waals surface area (Å²) in [7, 11) is 0. The highest BCUT2D eigenvalue weighted by Gasteiger charge is 2.15. The zero-order chi connectivity index (χ0) is 12.8. The van der Waals surface area contributed by atoms with Crippen molar-refractivity contribution < 1.29 is 9.53 Å². The van der Waals surface area contributed by atoms with Crippen LogP contribution in [0.5, 0.6) is 0 Å². The Morgan fingerprint density at radius 3 is 2.79 bits per heavy atom. The summed E-state index contributed by atoms with van der Waals surface area (Å²) in [6.07, 6.45) is 1.74. The molecule has 1 fully saturated rings. The van der Waals surface area contributed by atoms with Gasteiger partial charge in [-0.2, -0.15) is 0 Å². The van der Waals surface area contributed by atoms with Crippen molar-refractivity contribution in [2.45, 2.75) is 25.4 Å². The molecule has 6 heteroatoms. The van der Waals surface area contributed by atoms with Crippen molar-refractivity contribution in [2.75, 3.05) is 18.5 Å². The lowest BCUT2D eigenvalue weighted by atomic mass is 10.1. The maximum Gasteiger partial charge on any atom is 0.319 e. The first-order valence-electron chi connectivity index (χ1n) is 6.22. The van der Waals surface area contributed by atoms with Crippen LogP contribution >= 0.6 is 12.4 Å². The van der Waals surface area contributed by atoms with E-state index in [4.69, 9.17) is 10.5 Å². The maximum absolute atomic E-state index is 11.8. The van der Waals surface area contributed by atoms with Crippen LogP contribution in [0.15, 0.2) is 24.3 Å². The number of anilines is 1. The quantitative estimate of drug-likeness (QED) is 0.793. The van der Waals surface area contributed by atoms with Gasteiger partial charge in [0.15, 0.2) is 0 Å². The number of nitrogens with one attached hydrogen (secondary N) is 2. The van der Waals surface area contributed by atoms with E-state index < -0.39 is 0 Å². The van der Waals surface area contributed by atoms with Crippen molar-refractivity contribution in [3.8, 4) is 0 Å². The normalized spacial score (nSPS) is 15.4. The molecule has 19 heavy (non-hydrogen) atoms. The monoisotopic (exact) mass is 285 g/mol. The molecule has 0 atom stereocenters. The molecule has 0 spiro atoms. The van der Waals surface area contributed by atoms with Gasteiger partial charge in [0.1, 0.15) is 0 Å². The second-order valence-corrected chi connectivity index (χ2v) is 4.39. The smallest absolute Gasteiger partial charge is 0.319 e. The number of rotatable bonds is 3. The summed E-state index contributed by atoms with van der Waals surface area (Å²) >= 11 is 0. The molecule has 1 saturated heterocycles. The number of urea groups is 1. The first kappa shape index (κ1) is 15.8. The van der Waals surface area contributed by atoms with Gasteiger partial charge in [-0.05, 0) is 30.5 Å². The largest absolute Gasteiger partial charge is 0.381 e. The molecule has 0 bridgehead atoms. The molecule has 0 unspecified atom stereocenters. The van der Waals surface area contributed by atoms with E-state index in [9.17, 15) is 4.79 Å². The van der Waals surface area contributed by atoms with Crippen molar-refractivity contribution in [3.05, 3.63) is 29.8 Å². The van der Waals surface area contributed by atoms with Gasteiger partial charge in [-0.15, -0.1) is 12.4 Å². The lowest BCUT2D eigenvalue weighted by Crippen LogP contribution is -2.41. The predicted octanol–water partition coefficient (Wildman–Crippen LogP) is 1.87. The number of nitrogens with two attached hydrogens (primary N) is 1. The van der Waals surface area contributed by atoms with Crippen LogP contribution in [-0.4, -0.2) is 25.3 Å². The summed E-state index contributed by atoms with van der Waals surface area (Å²) in [6.45, 7) is 1.90. The Morgan fingerprint density at radius 1 is 1.37 bits per heavy atom. The van der Waals surface area contributed by atoms with Crippen molar-refractivity contribution in [3.63, 3.8) is 0 Å². The molecule has 106 valence electrons. The number of hydrogen-bond acceptors (Lipinski definition) is 3. The van der Waals surface area contributed by atoms with E-state index >= 15 is 0 Å². The molecule has 2 rings (SSSR count). The van der Waals surface area contributed by atoms with Crippen LogP contribution < -0.4 is 16.4 Å². The molecule has 1 aromatic carbocycles. The number of carbonyl (C=O) groups is 1. The Kier molecular flexibility index (Phi) is 6.62. The van der Waals surface area contributed by atoms with Gasteiger partial charge in [0, 0.05) is 31.5 Å². The summed E-state index contributed by atoms with van der Waals surface area (Å²) in [5, 5.41) is 5.76. The average Bonchev–Trinajstić information content (AvgIpc) is 2.40. The van der Waals surface area contributed by atoms with Gasteiger partial charge in [-0.1, -0.05) is 12.1 Å². The van der Waals surface area contributed by atoms with Gasteiger partial charge in [0.25, 0.3) is 0 Å². The lowest BCUT2D eigenvalue weighted by Gasteiger charge is -2.23. The first-order chi connectivity index (χ1) is 8.78. The molecule has 0 saturated carbocycles. The second kappa shape index (κ2) is 7.99. The number of amides is 2. The van der Waals surface area contributed by atoms with Crippen molar-refractivity contribution in [1.29, 1.82) is 0 Å². The average molecular weight is 286 g/mol. The van der Waals surface area contributed by atoms with E-state index in [0.29, 0.717) is 19.8 Å². The summed E-state index contributed by atoms with van der Waals surface area (Å²) in [5.74, 6) is 0. The van der Waals surface area contributed by atoms with E-state index in [-0.39, 0.29) is 24.5 Å². The molecule has 4 N–H and O–H groups in total. The van der Waals surface area contributed by atoms with Crippen LogP contribution in [0.3, 0.4) is 0 Å². The number of carbonyl (C=O) groups excluding carboxylic acids is 1. The van der Waals surface area contributed by atoms with E-state index in [0.717, 1.165) is 24.1 Å². The minimum atomic E-state index is -0.170. The second-order valence-electron chi connectivity index (χ2n) is 4.39. The summed E-state index contributed by atoms with van der Waals surface area (Å²) in [6, 6.07) is 7.58. The Bertz CT molecular complexity index is 409. The van der Waals surface area contributed by atoms with Crippen LogP contribution in [0.1, 0.15) is 18.4 Å². The minimum absolute atomic E-state index is 0.